The number of ketones is 1. The number of hydrogen-bond donors (Lipinski definition) is 0. The Hall–Kier alpha value is -1.77. The summed E-state index contributed by atoms with van der Waals surface area (Å²) in [6.45, 7) is 3.63. The first-order valence-electron chi connectivity index (χ1n) is 5.58. The summed E-state index contributed by atoms with van der Waals surface area (Å²) in [6, 6.07) is 5.22. The SMILES string of the molecule is C=CCCCC(=O)c1cc(OC)cc(OC)c1. The monoisotopic (exact) mass is 234 g/mol. The van der Waals surface area contributed by atoms with Crippen LogP contribution in [0, 0.1) is 0 Å². The highest BCUT2D eigenvalue weighted by Gasteiger charge is 2.09. The van der Waals surface area contributed by atoms with Crippen molar-refractivity contribution in [3.63, 3.8) is 0 Å². The predicted octanol–water partition coefficient (Wildman–Crippen LogP) is 3.24. The molecular weight excluding hydrogens is 216 g/mol. The van der Waals surface area contributed by atoms with Crippen molar-refractivity contribution in [3.8, 4) is 11.5 Å². The number of hydrogen-bond acceptors (Lipinski definition) is 3. The number of carbonyl (C=O) groups excluding carboxylic acids is 1. The maximum absolute atomic E-state index is 11.9. The molecule has 0 amide bonds. The van der Waals surface area contributed by atoms with Gasteiger partial charge in [-0.25, -0.2) is 0 Å². The number of methoxy groups -OCH3 is 2. The number of ether oxygens (including phenoxy) is 2. The molecule has 0 aliphatic carbocycles. The summed E-state index contributed by atoms with van der Waals surface area (Å²) in [5.74, 6) is 1.37. The Morgan fingerprint density at radius 3 is 2.29 bits per heavy atom. The van der Waals surface area contributed by atoms with Gasteiger partial charge in [0.25, 0.3) is 0 Å². The summed E-state index contributed by atoms with van der Waals surface area (Å²) >= 11 is 0. The highest BCUT2D eigenvalue weighted by Crippen LogP contribution is 2.23. The predicted molar refractivity (Wildman–Crippen MR) is 67.9 cm³/mol. The first-order valence-corrected chi connectivity index (χ1v) is 5.58. The minimum atomic E-state index is 0.101. The van der Waals surface area contributed by atoms with Gasteiger partial charge in [-0.2, -0.15) is 0 Å². The zero-order chi connectivity index (χ0) is 12.7. The fourth-order valence-corrected chi connectivity index (χ4v) is 1.52. The summed E-state index contributed by atoms with van der Waals surface area (Å²) < 4.78 is 10.2. The largest absolute Gasteiger partial charge is 0.497 e. The van der Waals surface area contributed by atoms with Gasteiger partial charge in [-0.1, -0.05) is 6.08 Å². The standard InChI is InChI=1S/C14H18O3/c1-4-5-6-7-14(15)11-8-12(16-2)10-13(9-11)17-3/h4,8-10H,1,5-7H2,2-3H3. The lowest BCUT2D eigenvalue weighted by atomic mass is 10.0. The molecule has 3 heteroatoms. The molecule has 0 N–H and O–H groups in total. The van der Waals surface area contributed by atoms with Gasteiger partial charge in [-0.05, 0) is 25.0 Å². The number of allylic oxidation sites excluding steroid dienone is 1. The molecule has 0 fully saturated rings. The molecule has 17 heavy (non-hydrogen) atoms. The molecule has 1 aromatic rings. The Kier molecular flexibility index (Phi) is 5.27. The smallest absolute Gasteiger partial charge is 0.163 e. The van der Waals surface area contributed by atoms with Crippen LogP contribution < -0.4 is 9.47 Å². The van der Waals surface area contributed by atoms with E-state index in [0.717, 1.165) is 12.8 Å². The summed E-state index contributed by atoms with van der Waals surface area (Å²) in [7, 11) is 3.14. The maximum Gasteiger partial charge on any atom is 0.163 e. The van der Waals surface area contributed by atoms with Crippen LogP contribution in [0.2, 0.25) is 0 Å². The lowest BCUT2D eigenvalue weighted by Gasteiger charge is -2.07. The van der Waals surface area contributed by atoms with Gasteiger partial charge >= 0.3 is 0 Å². The number of Topliss-reactive ketones (excluding diaryl/α,β-unsaturated/α-hetero) is 1. The topological polar surface area (TPSA) is 35.5 Å². The van der Waals surface area contributed by atoms with Crippen molar-refractivity contribution >= 4 is 5.78 Å². The average molecular weight is 234 g/mol. The fourth-order valence-electron chi connectivity index (χ4n) is 1.52. The molecule has 1 rings (SSSR count). The highest BCUT2D eigenvalue weighted by atomic mass is 16.5. The van der Waals surface area contributed by atoms with E-state index in [2.05, 4.69) is 6.58 Å². The van der Waals surface area contributed by atoms with Crippen molar-refractivity contribution < 1.29 is 14.3 Å². The lowest BCUT2D eigenvalue weighted by Crippen LogP contribution is -2.00. The van der Waals surface area contributed by atoms with Crippen LogP contribution in [0.25, 0.3) is 0 Å². The van der Waals surface area contributed by atoms with Crippen molar-refractivity contribution in [3.05, 3.63) is 36.4 Å². The number of rotatable bonds is 7. The Labute approximate surface area is 102 Å². The minimum Gasteiger partial charge on any atom is -0.497 e. The first-order chi connectivity index (χ1) is 8.21. The molecule has 0 radical (unpaired) electrons. The highest BCUT2D eigenvalue weighted by molar-refractivity contribution is 5.96. The van der Waals surface area contributed by atoms with Crippen LogP contribution >= 0.6 is 0 Å². The van der Waals surface area contributed by atoms with E-state index in [-0.39, 0.29) is 5.78 Å². The Morgan fingerprint density at radius 1 is 1.24 bits per heavy atom. The maximum atomic E-state index is 11.9. The van der Waals surface area contributed by atoms with Crippen LogP contribution in [0.1, 0.15) is 29.6 Å². The lowest BCUT2D eigenvalue weighted by molar-refractivity contribution is 0.0979. The van der Waals surface area contributed by atoms with Crippen LogP contribution in [0.15, 0.2) is 30.9 Å². The third kappa shape index (κ3) is 3.94. The summed E-state index contributed by atoms with van der Waals surface area (Å²) in [5, 5.41) is 0. The van der Waals surface area contributed by atoms with Crippen LogP contribution in [-0.2, 0) is 0 Å². The molecule has 92 valence electrons. The molecular formula is C14H18O3. The van der Waals surface area contributed by atoms with Crippen molar-refractivity contribution in [2.24, 2.45) is 0 Å². The summed E-state index contributed by atoms with van der Waals surface area (Å²) in [4.78, 5) is 11.9. The molecule has 3 nitrogen and oxygen atoms in total. The molecule has 0 aliphatic heterocycles. The molecule has 1 aromatic carbocycles. The average Bonchev–Trinajstić information content (AvgIpc) is 2.38. The second-order valence-corrected chi connectivity index (χ2v) is 3.71. The number of unbranched alkanes of at least 4 members (excludes halogenated alkanes) is 1. The van der Waals surface area contributed by atoms with Gasteiger partial charge < -0.3 is 9.47 Å². The van der Waals surface area contributed by atoms with Gasteiger partial charge in [-0.15, -0.1) is 6.58 Å². The normalized spacial score (nSPS) is 9.76. The Morgan fingerprint density at radius 2 is 1.82 bits per heavy atom. The van der Waals surface area contributed by atoms with Crippen molar-refractivity contribution in [2.45, 2.75) is 19.3 Å². The molecule has 0 saturated carbocycles. The van der Waals surface area contributed by atoms with Crippen LogP contribution in [0.5, 0.6) is 11.5 Å². The molecule has 0 heterocycles. The van der Waals surface area contributed by atoms with Gasteiger partial charge in [0.15, 0.2) is 5.78 Å². The number of benzene rings is 1. The van der Waals surface area contributed by atoms with Crippen molar-refractivity contribution in [1.29, 1.82) is 0 Å². The summed E-state index contributed by atoms with van der Waals surface area (Å²) in [6.07, 6.45) is 4.01. The van der Waals surface area contributed by atoms with E-state index in [4.69, 9.17) is 9.47 Å². The molecule has 0 saturated heterocycles. The van der Waals surface area contributed by atoms with Gasteiger partial charge in [0.2, 0.25) is 0 Å². The second kappa shape index (κ2) is 6.74. The van der Waals surface area contributed by atoms with Crippen molar-refractivity contribution in [2.75, 3.05) is 14.2 Å². The van der Waals surface area contributed by atoms with E-state index in [0.29, 0.717) is 23.5 Å². The zero-order valence-corrected chi connectivity index (χ0v) is 10.4. The third-order valence-corrected chi connectivity index (χ3v) is 2.49. The molecule has 0 aromatic heterocycles. The minimum absolute atomic E-state index is 0.101. The van der Waals surface area contributed by atoms with E-state index in [1.807, 2.05) is 6.08 Å². The van der Waals surface area contributed by atoms with Crippen LogP contribution in [-0.4, -0.2) is 20.0 Å². The summed E-state index contributed by atoms with van der Waals surface area (Å²) in [5.41, 5.74) is 0.630. The van der Waals surface area contributed by atoms with E-state index < -0.39 is 0 Å². The van der Waals surface area contributed by atoms with Crippen LogP contribution in [0.4, 0.5) is 0 Å². The molecule has 0 spiro atoms. The number of carbonyl (C=O) groups is 1. The third-order valence-electron chi connectivity index (χ3n) is 2.49. The van der Waals surface area contributed by atoms with E-state index in [9.17, 15) is 4.79 Å². The van der Waals surface area contributed by atoms with E-state index in [1.165, 1.54) is 0 Å². The first kappa shape index (κ1) is 13.3. The Balaban J connectivity index is 2.81. The van der Waals surface area contributed by atoms with Gasteiger partial charge in [-0.3, -0.25) is 4.79 Å². The van der Waals surface area contributed by atoms with E-state index in [1.54, 1.807) is 32.4 Å². The second-order valence-electron chi connectivity index (χ2n) is 3.71. The zero-order valence-electron chi connectivity index (χ0n) is 10.4. The van der Waals surface area contributed by atoms with Crippen molar-refractivity contribution in [1.82, 2.24) is 0 Å². The fraction of sp³-hybridized carbons (Fsp3) is 0.357. The van der Waals surface area contributed by atoms with Crippen LogP contribution in [0.3, 0.4) is 0 Å². The quantitative estimate of drug-likeness (QED) is 0.413. The molecule has 0 aliphatic rings. The van der Waals surface area contributed by atoms with Gasteiger partial charge in [0.05, 0.1) is 14.2 Å². The molecule has 0 atom stereocenters. The van der Waals surface area contributed by atoms with E-state index >= 15 is 0 Å². The Bertz CT molecular complexity index is 374. The van der Waals surface area contributed by atoms with Gasteiger partial charge in [0.1, 0.15) is 11.5 Å². The van der Waals surface area contributed by atoms with Gasteiger partial charge in [0, 0.05) is 18.1 Å². The molecule has 0 unspecified atom stereocenters. The molecule has 0 bridgehead atoms.